The molecule has 0 atom stereocenters. The van der Waals surface area contributed by atoms with E-state index in [0.717, 1.165) is 40.5 Å². The number of aromatic nitrogens is 2. The Labute approximate surface area is 195 Å². The second-order valence-corrected chi connectivity index (χ2v) is 8.49. The van der Waals surface area contributed by atoms with E-state index in [9.17, 15) is 18.4 Å². The van der Waals surface area contributed by atoms with Crippen molar-refractivity contribution in [3.63, 3.8) is 0 Å². The summed E-state index contributed by atoms with van der Waals surface area (Å²) in [6.07, 6.45) is 1.30. The standard InChI is InChI=1S/C20H18F2N6O3S2/c1-12(29)28(17-3-2-13(21)8-15(17)22)20-24-14(10-32-20)9-23-26-18(30)16-11-33-19(25-16)27-4-6-31-7-5-27/h2-3,8-11H,4-7H2,1H3,(H,26,30)/b23-9-. The van der Waals surface area contributed by atoms with Crippen molar-refractivity contribution >= 4 is 56.7 Å². The van der Waals surface area contributed by atoms with Gasteiger partial charge in [0.05, 0.1) is 30.8 Å². The Bertz CT molecular complexity index is 1190. The molecule has 3 heterocycles. The second kappa shape index (κ2) is 10.1. The smallest absolute Gasteiger partial charge is 0.290 e. The third-order valence-corrected chi connectivity index (χ3v) is 6.28. The summed E-state index contributed by atoms with van der Waals surface area (Å²) in [6, 6.07) is 2.92. The zero-order valence-electron chi connectivity index (χ0n) is 17.3. The highest BCUT2D eigenvalue weighted by atomic mass is 32.1. The third-order valence-electron chi connectivity index (χ3n) is 4.54. The van der Waals surface area contributed by atoms with E-state index in [4.69, 9.17) is 4.74 Å². The molecule has 1 N–H and O–H groups in total. The fraction of sp³-hybridized carbons (Fsp3) is 0.250. The van der Waals surface area contributed by atoms with Crippen LogP contribution in [0.5, 0.6) is 0 Å². The number of morpholine rings is 1. The lowest BCUT2D eigenvalue weighted by Gasteiger charge is -2.25. The van der Waals surface area contributed by atoms with E-state index in [2.05, 4.69) is 25.4 Å². The second-order valence-electron chi connectivity index (χ2n) is 6.82. The monoisotopic (exact) mass is 492 g/mol. The Balaban J connectivity index is 1.41. The van der Waals surface area contributed by atoms with Crippen LogP contribution in [0.15, 0.2) is 34.1 Å². The molecule has 2 amide bonds. The van der Waals surface area contributed by atoms with Crippen molar-refractivity contribution in [3.8, 4) is 0 Å². The van der Waals surface area contributed by atoms with Gasteiger partial charge in [0, 0.05) is 36.8 Å². The molecule has 0 saturated carbocycles. The van der Waals surface area contributed by atoms with Gasteiger partial charge in [-0.05, 0) is 12.1 Å². The van der Waals surface area contributed by atoms with Crippen molar-refractivity contribution < 1.29 is 23.1 Å². The molecule has 9 nitrogen and oxygen atoms in total. The van der Waals surface area contributed by atoms with Gasteiger partial charge in [-0.15, -0.1) is 22.7 Å². The molecular weight excluding hydrogens is 474 g/mol. The van der Waals surface area contributed by atoms with Crippen LogP contribution in [-0.2, 0) is 9.53 Å². The highest BCUT2D eigenvalue weighted by Gasteiger charge is 2.21. The Morgan fingerprint density at radius 2 is 2.00 bits per heavy atom. The molecule has 2 aromatic heterocycles. The fourth-order valence-electron chi connectivity index (χ4n) is 2.99. The number of hydrazone groups is 1. The number of anilines is 3. The number of carbonyl (C=O) groups is 2. The molecule has 13 heteroatoms. The number of amides is 2. The Kier molecular flexibility index (Phi) is 7.01. The number of nitrogens with one attached hydrogen (secondary N) is 1. The summed E-state index contributed by atoms with van der Waals surface area (Å²) in [7, 11) is 0. The van der Waals surface area contributed by atoms with Gasteiger partial charge in [-0.25, -0.2) is 24.2 Å². The minimum Gasteiger partial charge on any atom is -0.378 e. The number of hydrogen-bond donors (Lipinski definition) is 1. The number of thiazole rings is 2. The molecule has 0 radical (unpaired) electrons. The molecule has 33 heavy (non-hydrogen) atoms. The number of hydrogen-bond acceptors (Lipinski definition) is 9. The molecule has 172 valence electrons. The molecule has 1 aliphatic rings. The summed E-state index contributed by atoms with van der Waals surface area (Å²) in [6.45, 7) is 3.93. The first-order valence-corrected chi connectivity index (χ1v) is 11.5. The molecule has 3 aromatic rings. The molecule has 0 aliphatic carbocycles. The predicted molar refractivity (Wildman–Crippen MR) is 121 cm³/mol. The Morgan fingerprint density at radius 1 is 1.21 bits per heavy atom. The fourth-order valence-corrected chi connectivity index (χ4v) is 4.68. The summed E-state index contributed by atoms with van der Waals surface area (Å²) in [5.41, 5.74) is 2.86. The van der Waals surface area contributed by atoms with Crippen LogP contribution in [0.1, 0.15) is 23.1 Å². The van der Waals surface area contributed by atoms with Crippen LogP contribution in [0.4, 0.5) is 24.7 Å². The Morgan fingerprint density at radius 3 is 2.73 bits per heavy atom. The van der Waals surface area contributed by atoms with Gasteiger partial charge in [0.15, 0.2) is 10.3 Å². The van der Waals surface area contributed by atoms with E-state index in [1.54, 1.807) is 10.8 Å². The van der Waals surface area contributed by atoms with Crippen molar-refractivity contribution in [1.82, 2.24) is 15.4 Å². The van der Waals surface area contributed by atoms with Gasteiger partial charge in [0.1, 0.15) is 17.3 Å². The first kappa shape index (κ1) is 22.9. The average molecular weight is 493 g/mol. The van der Waals surface area contributed by atoms with Crippen molar-refractivity contribution in [3.05, 3.63) is 52.0 Å². The minimum absolute atomic E-state index is 0.116. The molecular formula is C20H18F2N6O3S2. The van der Waals surface area contributed by atoms with E-state index >= 15 is 0 Å². The molecule has 1 saturated heterocycles. The molecule has 4 rings (SSSR count). The SMILES string of the molecule is CC(=O)N(c1nc(/C=N\NC(=O)c2csc(N3CCOCC3)n2)cs1)c1ccc(F)cc1F. The van der Waals surface area contributed by atoms with Crippen LogP contribution in [0.3, 0.4) is 0 Å². The summed E-state index contributed by atoms with van der Waals surface area (Å²) < 4.78 is 32.7. The van der Waals surface area contributed by atoms with Crippen LogP contribution in [-0.4, -0.2) is 54.3 Å². The largest absolute Gasteiger partial charge is 0.378 e. The van der Waals surface area contributed by atoms with Crippen molar-refractivity contribution in [2.24, 2.45) is 5.10 Å². The van der Waals surface area contributed by atoms with Crippen molar-refractivity contribution in [2.75, 3.05) is 36.1 Å². The molecule has 0 spiro atoms. The average Bonchev–Trinajstić information content (AvgIpc) is 3.46. The summed E-state index contributed by atoms with van der Waals surface area (Å²) >= 11 is 2.44. The van der Waals surface area contributed by atoms with Gasteiger partial charge in [-0.1, -0.05) is 0 Å². The van der Waals surface area contributed by atoms with Crippen LogP contribution >= 0.6 is 22.7 Å². The lowest BCUT2D eigenvalue weighted by atomic mass is 10.2. The van der Waals surface area contributed by atoms with Crippen LogP contribution in [0, 0.1) is 11.6 Å². The van der Waals surface area contributed by atoms with Gasteiger partial charge < -0.3 is 9.64 Å². The first-order chi connectivity index (χ1) is 15.9. The number of benzene rings is 1. The summed E-state index contributed by atoms with van der Waals surface area (Å²) in [5.74, 6) is -2.61. The predicted octanol–water partition coefficient (Wildman–Crippen LogP) is 3.16. The van der Waals surface area contributed by atoms with E-state index < -0.39 is 23.4 Å². The molecule has 1 aliphatic heterocycles. The zero-order chi connectivity index (χ0) is 23.4. The minimum atomic E-state index is -0.886. The first-order valence-electron chi connectivity index (χ1n) is 9.75. The summed E-state index contributed by atoms with van der Waals surface area (Å²) in [4.78, 5) is 36.1. The van der Waals surface area contributed by atoms with E-state index in [1.807, 2.05) is 0 Å². The number of nitrogens with zero attached hydrogens (tertiary/aromatic N) is 5. The summed E-state index contributed by atoms with van der Waals surface area (Å²) in [5, 5.41) is 8.04. The maximum absolute atomic E-state index is 14.2. The van der Waals surface area contributed by atoms with E-state index in [0.29, 0.717) is 25.0 Å². The molecule has 0 bridgehead atoms. The van der Waals surface area contributed by atoms with Crippen LogP contribution in [0.2, 0.25) is 0 Å². The van der Waals surface area contributed by atoms with Gasteiger partial charge in [-0.2, -0.15) is 5.10 Å². The number of carbonyl (C=O) groups excluding carboxylic acids is 2. The lowest BCUT2D eigenvalue weighted by Crippen LogP contribution is -2.36. The topological polar surface area (TPSA) is 100 Å². The normalized spacial score (nSPS) is 14.0. The Hall–Kier alpha value is -3.29. The zero-order valence-corrected chi connectivity index (χ0v) is 19.0. The maximum Gasteiger partial charge on any atom is 0.290 e. The van der Waals surface area contributed by atoms with Gasteiger partial charge in [-0.3, -0.25) is 14.5 Å². The van der Waals surface area contributed by atoms with E-state index in [-0.39, 0.29) is 16.5 Å². The highest BCUT2D eigenvalue weighted by molar-refractivity contribution is 7.14. The van der Waals surface area contributed by atoms with Gasteiger partial charge in [0.25, 0.3) is 5.91 Å². The highest BCUT2D eigenvalue weighted by Crippen LogP contribution is 2.31. The van der Waals surface area contributed by atoms with Gasteiger partial charge in [0.2, 0.25) is 5.91 Å². The number of ether oxygens (including phenoxy) is 1. The van der Waals surface area contributed by atoms with Crippen molar-refractivity contribution in [2.45, 2.75) is 6.92 Å². The molecule has 1 fully saturated rings. The lowest BCUT2D eigenvalue weighted by molar-refractivity contribution is -0.115. The molecule has 1 aromatic carbocycles. The maximum atomic E-state index is 14.2. The number of halogens is 2. The van der Waals surface area contributed by atoms with E-state index in [1.165, 1.54) is 30.5 Å². The third kappa shape index (κ3) is 5.38. The van der Waals surface area contributed by atoms with Crippen LogP contribution < -0.4 is 15.2 Å². The van der Waals surface area contributed by atoms with Crippen molar-refractivity contribution in [1.29, 1.82) is 0 Å². The molecule has 0 unspecified atom stereocenters. The quantitative estimate of drug-likeness (QED) is 0.419. The number of rotatable bonds is 6. The van der Waals surface area contributed by atoms with Gasteiger partial charge >= 0.3 is 0 Å². The van der Waals surface area contributed by atoms with Crippen LogP contribution in [0.25, 0.3) is 0 Å².